The van der Waals surface area contributed by atoms with Crippen LogP contribution < -0.4 is 0 Å². The summed E-state index contributed by atoms with van der Waals surface area (Å²) in [5, 5.41) is 0.850. The van der Waals surface area contributed by atoms with E-state index in [-0.39, 0.29) is 0 Å². The third kappa shape index (κ3) is 2.35. The van der Waals surface area contributed by atoms with E-state index in [0.717, 1.165) is 5.02 Å². The van der Waals surface area contributed by atoms with Crippen LogP contribution in [0.3, 0.4) is 0 Å². The molecule has 0 bridgehead atoms. The minimum Gasteiger partial charge on any atom is -0.294 e. The molecule has 0 radical (unpaired) electrons. The van der Waals surface area contributed by atoms with E-state index in [4.69, 9.17) is 11.6 Å². The predicted octanol–water partition coefficient (Wildman–Crippen LogP) is 3.89. The number of hydrogen-bond acceptors (Lipinski definition) is 1. The molecule has 2 rings (SSSR count). The molecule has 1 aliphatic rings. The molecular weight excluding hydrogens is 206 g/mol. The highest BCUT2D eigenvalue weighted by atomic mass is 35.5. The van der Waals surface area contributed by atoms with Crippen LogP contribution in [0.15, 0.2) is 24.3 Å². The Morgan fingerprint density at radius 3 is 2.87 bits per heavy atom. The number of halogens is 1. The average Bonchev–Trinajstić information content (AvgIpc) is 2.65. The maximum atomic E-state index is 6.03. The monoisotopic (exact) mass is 223 g/mol. The Balaban J connectivity index is 2.22. The fraction of sp³-hybridized carbons (Fsp3) is 0.538. The molecule has 1 fully saturated rings. The van der Waals surface area contributed by atoms with E-state index in [0.29, 0.717) is 12.1 Å². The summed E-state index contributed by atoms with van der Waals surface area (Å²) in [4.78, 5) is 2.56. The van der Waals surface area contributed by atoms with E-state index in [2.05, 4.69) is 36.9 Å². The van der Waals surface area contributed by atoms with Gasteiger partial charge in [-0.2, -0.15) is 0 Å². The van der Waals surface area contributed by atoms with Gasteiger partial charge in [0.05, 0.1) is 0 Å². The molecule has 1 aromatic rings. The lowest BCUT2D eigenvalue weighted by atomic mass is 10.0. The standard InChI is InChI=1S/C13H18ClN/c1-10(2)15-8-4-7-13(15)11-5-3-6-12(14)9-11/h3,5-6,9-10,13H,4,7-8H2,1-2H3. The summed E-state index contributed by atoms with van der Waals surface area (Å²) in [5.41, 5.74) is 1.37. The van der Waals surface area contributed by atoms with E-state index in [1.165, 1.54) is 24.9 Å². The number of hydrogen-bond donors (Lipinski definition) is 0. The lowest BCUT2D eigenvalue weighted by Crippen LogP contribution is -2.30. The first-order valence-corrected chi connectivity index (χ1v) is 6.07. The van der Waals surface area contributed by atoms with Crippen molar-refractivity contribution in [1.82, 2.24) is 4.90 Å². The molecule has 1 aliphatic heterocycles. The van der Waals surface area contributed by atoms with Crippen LogP contribution in [0.2, 0.25) is 5.02 Å². The van der Waals surface area contributed by atoms with Crippen molar-refractivity contribution < 1.29 is 0 Å². The summed E-state index contributed by atoms with van der Waals surface area (Å²) < 4.78 is 0. The van der Waals surface area contributed by atoms with Crippen molar-refractivity contribution in [2.45, 2.75) is 38.8 Å². The highest BCUT2D eigenvalue weighted by molar-refractivity contribution is 6.30. The Hall–Kier alpha value is -0.530. The second kappa shape index (κ2) is 4.54. The maximum Gasteiger partial charge on any atom is 0.0409 e. The molecule has 0 amide bonds. The van der Waals surface area contributed by atoms with Gasteiger partial charge >= 0.3 is 0 Å². The lowest BCUT2D eigenvalue weighted by molar-refractivity contribution is 0.205. The van der Waals surface area contributed by atoms with Crippen molar-refractivity contribution in [3.05, 3.63) is 34.9 Å². The number of likely N-dealkylation sites (tertiary alicyclic amines) is 1. The Kier molecular flexibility index (Phi) is 3.32. The summed E-state index contributed by atoms with van der Waals surface area (Å²) in [6.45, 7) is 5.75. The Labute approximate surface area is 97.0 Å². The molecule has 1 nitrogen and oxygen atoms in total. The third-order valence-electron chi connectivity index (χ3n) is 3.19. The molecular formula is C13H18ClN. The van der Waals surface area contributed by atoms with Gasteiger partial charge in [0, 0.05) is 17.1 Å². The molecule has 0 N–H and O–H groups in total. The van der Waals surface area contributed by atoms with Crippen molar-refractivity contribution in [3.63, 3.8) is 0 Å². The molecule has 15 heavy (non-hydrogen) atoms. The number of nitrogens with zero attached hydrogens (tertiary/aromatic N) is 1. The van der Waals surface area contributed by atoms with E-state index >= 15 is 0 Å². The first-order valence-electron chi connectivity index (χ1n) is 5.69. The molecule has 1 atom stereocenters. The molecule has 1 unspecified atom stereocenters. The molecule has 1 heterocycles. The zero-order valence-electron chi connectivity index (χ0n) is 9.41. The van der Waals surface area contributed by atoms with Crippen molar-refractivity contribution >= 4 is 11.6 Å². The summed E-state index contributed by atoms with van der Waals surface area (Å²) in [5.74, 6) is 0. The topological polar surface area (TPSA) is 3.24 Å². The first kappa shape index (κ1) is 11.0. The van der Waals surface area contributed by atoms with Gasteiger partial charge in [-0.25, -0.2) is 0 Å². The molecule has 0 spiro atoms. The van der Waals surface area contributed by atoms with Gasteiger partial charge in [-0.05, 0) is 50.9 Å². The number of benzene rings is 1. The Morgan fingerprint density at radius 1 is 1.40 bits per heavy atom. The minimum atomic E-state index is 0.573. The van der Waals surface area contributed by atoms with Gasteiger partial charge in [0.15, 0.2) is 0 Å². The van der Waals surface area contributed by atoms with Gasteiger partial charge in [-0.15, -0.1) is 0 Å². The molecule has 0 saturated carbocycles. The van der Waals surface area contributed by atoms with Crippen LogP contribution in [-0.4, -0.2) is 17.5 Å². The summed E-state index contributed by atoms with van der Waals surface area (Å²) in [6.07, 6.45) is 2.56. The summed E-state index contributed by atoms with van der Waals surface area (Å²) >= 11 is 6.03. The first-order chi connectivity index (χ1) is 7.18. The molecule has 0 aliphatic carbocycles. The van der Waals surface area contributed by atoms with Crippen molar-refractivity contribution in [3.8, 4) is 0 Å². The van der Waals surface area contributed by atoms with E-state index in [1.807, 2.05) is 6.07 Å². The van der Waals surface area contributed by atoms with Crippen LogP contribution in [0.1, 0.15) is 38.3 Å². The van der Waals surface area contributed by atoms with Gasteiger partial charge in [0.2, 0.25) is 0 Å². The molecule has 1 aromatic carbocycles. The molecule has 82 valence electrons. The third-order valence-corrected chi connectivity index (χ3v) is 3.43. The number of rotatable bonds is 2. The van der Waals surface area contributed by atoms with Crippen LogP contribution in [0.5, 0.6) is 0 Å². The van der Waals surface area contributed by atoms with Gasteiger partial charge in [-0.3, -0.25) is 4.90 Å². The predicted molar refractivity (Wildman–Crippen MR) is 65.3 cm³/mol. The van der Waals surface area contributed by atoms with Crippen molar-refractivity contribution in [1.29, 1.82) is 0 Å². The second-order valence-corrected chi connectivity index (χ2v) is 4.98. The van der Waals surface area contributed by atoms with E-state index in [1.54, 1.807) is 0 Å². The fourth-order valence-electron chi connectivity index (χ4n) is 2.48. The molecule has 1 saturated heterocycles. The van der Waals surface area contributed by atoms with Crippen LogP contribution in [-0.2, 0) is 0 Å². The summed E-state index contributed by atoms with van der Waals surface area (Å²) in [6, 6.07) is 9.48. The Morgan fingerprint density at radius 2 is 2.20 bits per heavy atom. The minimum absolute atomic E-state index is 0.573. The van der Waals surface area contributed by atoms with Gasteiger partial charge < -0.3 is 0 Å². The summed E-state index contributed by atoms with van der Waals surface area (Å²) in [7, 11) is 0. The highest BCUT2D eigenvalue weighted by Gasteiger charge is 2.27. The second-order valence-electron chi connectivity index (χ2n) is 4.54. The molecule has 2 heteroatoms. The zero-order chi connectivity index (χ0) is 10.8. The van der Waals surface area contributed by atoms with Crippen LogP contribution in [0.25, 0.3) is 0 Å². The van der Waals surface area contributed by atoms with Gasteiger partial charge in [0.25, 0.3) is 0 Å². The van der Waals surface area contributed by atoms with Gasteiger partial charge in [-0.1, -0.05) is 23.7 Å². The molecule has 0 aromatic heterocycles. The van der Waals surface area contributed by atoms with Crippen LogP contribution in [0, 0.1) is 0 Å². The van der Waals surface area contributed by atoms with Crippen LogP contribution in [0.4, 0.5) is 0 Å². The largest absolute Gasteiger partial charge is 0.294 e. The normalized spacial score (nSPS) is 22.5. The fourth-order valence-corrected chi connectivity index (χ4v) is 2.68. The van der Waals surface area contributed by atoms with Crippen LogP contribution >= 0.6 is 11.6 Å². The SMILES string of the molecule is CC(C)N1CCCC1c1cccc(Cl)c1. The van der Waals surface area contributed by atoms with E-state index < -0.39 is 0 Å². The quantitative estimate of drug-likeness (QED) is 0.736. The smallest absolute Gasteiger partial charge is 0.0409 e. The maximum absolute atomic E-state index is 6.03. The van der Waals surface area contributed by atoms with Crippen molar-refractivity contribution in [2.24, 2.45) is 0 Å². The average molecular weight is 224 g/mol. The van der Waals surface area contributed by atoms with E-state index in [9.17, 15) is 0 Å². The van der Waals surface area contributed by atoms with Crippen molar-refractivity contribution in [2.75, 3.05) is 6.54 Å². The Bertz CT molecular complexity index is 335. The van der Waals surface area contributed by atoms with Gasteiger partial charge in [0.1, 0.15) is 0 Å². The zero-order valence-corrected chi connectivity index (χ0v) is 10.2. The lowest BCUT2D eigenvalue weighted by Gasteiger charge is -2.28. The highest BCUT2D eigenvalue weighted by Crippen LogP contribution is 2.34.